The van der Waals surface area contributed by atoms with E-state index >= 15 is 0 Å². The Morgan fingerprint density at radius 3 is 2.55 bits per heavy atom. The first-order chi connectivity index (χ1) is 16.2. The van der Waals surface area contributed by atoms with E-state index in [-0.39, 0.29) is 0 Å². The van der Waals surface area contributed by atoms with Crippen LogP contribution in [0.2, 0.25) is 0 Å². The van der Waals surface area contributed by atoms with E-state index in [1.54, 1.807) is 26.6 Å². The molecule has 0 saturated carbocycles. The third-order valence-electron chi connectivity index (χ3n) is 4.75. The van der Waals surface area contributed by atoms with Crippen LogP contribution in [0.5, 0.6) is 17.4 Å². The van der Waals surface area contributed by atoms with E-state index < -0.39 is 0 Å². The minimum Gasteiger partial charge on any atom is -0.497 e. The molecule has 0 saturated heterocycles. The average molecular weight is 444 g/mol. The molecule has 0 spiro atoms. The van der Waals surface area contributed by atoms with Crippen LogP contribution in [-0.4, -0.2) is 30.1 Å². The Balaban J connectivity index is 1.27. The molecule has 0 amide bonds. The van der Waals surface area contributed by atoms with E-state index in [0.29, 0.717) is 36.6 Å². The minimum absolute atomic E-state index is 0.488. The Labute approximate surface area is 192 Å². The van der Waals surface area contributed by atoms with Crippen molar-refractivity contribution >= 4 is 5.96 Å². The first kappa shape index (κ1) is 21.9. The Hall–Kier alpha value is -4.33. The largest absolute Gasteiger partial charge is 0.497 e. The molecule has 168 valence electrons. The van der Waals surface area contributed by atoms with Gasteiger partial charge < -0.3 is 24.5 Å². The third kappa shape index (κ3) is 6.10. The Kier molecular flexibility index (Phi) is 7.17. The molecule has 0 unspecified atom stereocenters. The van der Waals surface area contributed by atoms with Gasteiger partial charge in [-0.1, -0.05) is 30.3 Å². The predicted molar refractivity (Wildman–Crippen MR) is 126 cm³/mol. The minimum atomic E-state index is 0.488. The van der Waals surface area contributed by atoms with E-state index in [4.69, 9.17) is 13.9 Å². The molecule has 0 aliphatic carbocycles. The summed E-state index contributed by atoms with van der Waals surface area (Å²) in [6, 6.07) is 21.0. The van der Waals surface area contributed by atoms with E-state index in [0.717, 1.165) is 22.6 Å². The fourth-order valence-corrected chi connectivity index (χ4v) is 3.04. The molecule has 4 rings (SSSR count). The third-order valence-corrected chi connectivity index (χ3v) is 4.75. The second-order valence-corrected chi connectivity index (χ2v) is 7.08. The standard InChI is InChI=1S/C25H25N5O3/c1-26-25(29-16-20-17-32-24(30-20)19-7-4-3-5-8-19)28-15-18-11-12-23(27-14-18)33-22-10-6-9-21(13-22)31-2/h3-14,17H,15-16H2,1-2H3,(H2,26,28,29). The first-order valence-corrected chi connectivity index (χ1v) is 10.4. The van der Waals surface area contributed by atoms with E-state index in [1.807, 2.05) is 66.7 Å². The van der Waals surface area contributed by atoms with Crippen LogP contribution in [0.25, 0.3) is 11.5 Å². The molecule has 0 radical (unpaired) electrons. The summed E-state index contributed by atoms with van der Waals surface area (Å²) in [6.45, 7) is 1.04. The molecule has 2 aromatic carbocycles. The lowest BCUT2D eigenvalue weighted by atomic mass is 10.2. The molecule has 2 heterocycles. The number of benzene rings is 2. The molecule has 2 aromatic heterocycles. The van der Waals surface area contributed by atoms with Gasteiger partial charge in [0.05, 0.1) is 19.3 Å². The lowest BCUT2D eigenvalue weighted by Crippen LogP contribution is -2.36. The quantitative estimate of drug-likeness (QED) is 0.308. The van der Waals surface area contributed by atoms with Crippen LogP contribution in [0.4, 0.5) is 0 Å². The Bertz CT molecular complexity index is 1190. The molecular formula is C25H25N5O3. The van der Waals surface area contributed by atoms with Gasteiger partial charge in [0.15, 0.2) is 5.96 Å². The van der Waals surface area contributed by atoms with Crippen molar-refractivity contribution in [2.24, 2.45) is 4.99 Å². The predicted octanol–water partition coefficient (Wildman–Crippen LogP) is 4.40. The van der Waals surface area contributed by atoms with Crippen LogP contribution in [0.3, 0.4) is 0 Å². The lowest BCUT2D eigenvalue weighted by molar-refractivity contribution is 0.407. The summed E-state index contributed by atoms with van der Waals surface area (Å²) in [5.74, 6) is 3.15. The molecule has 4 aromatic rings. The van der Waals surface area contributed by atoms with Crippen molar-refractivity contribution in [3.8, 4) is 28.8 Å². The lowest BCUT2D eigenvalue weighted by Gasteiger charge is -2.11. The Morgan fingerprint density at radius 2 is 1.79 bits per heavy atom. The number of methoxy groups -OCH3 is 1. The maximum Gasteiger partial charge on any atom is 0.226 e. The number of hydrogen-bond donors (Lipinski definition) is 2. The summed E-state index contributed by atoms with van der Waals surface area (Å²) in [6.07, 6.45) is 3.41. The zero-order valence-corrected chi connectivity index (χ0v) is 18.5. The van der Waals surface area contributed by atoms with Crippen LogP contribution in [-0.2, 0) is 13.1 Å². The number of guanidine groups is 1. The average Bonchev–Trinajstić information content (AvgIpc) is 3.35. The molecule has 0 aliphatic heterocycles. The number of aliphatic imine (C=N–C) groups is 1. The summed E-state index contributed by atoms with van der Waals surface area (Å²) < 4.78 is 16.6. The van der Waals surface area contributed by atoms with Crippen molar-refractivity contribution in [2.75, 3.05) is 14.2 Å². The van der Waals surface area contributed by atoms with Gasteiger partial charge in [0.1, 0.15) is 17.8 Å². The smallest absolute Gasteiger partial charge is 0.226 e. The van der Waals surface area contributed by atoms with Gasteiger partial charge in [0, 0.05) is 37.5 Å². The van der Waals surface area contributed by atoms with Crippen molar-refractivity contribution in [2.45, 2.75) is 13.1 Å². The van der Waals surface area contributed by atoms with Gasteiger partial charge >= 0.3 is 0 Å². The number of ether oxygens (including phenoxy) is 2. The highest BCUT2D eigenvalue weighted by Gasteiger charge is 2.07. The molecule has 8 heteroatoms. The number of oxazole rings is 1. The number of rotatable bonds is 8. The molecule has 0 fully saturated rings. The van der Waals surface area contributed by atoms with Crippen molar-refractivity contribution < 1.29 is 13.9 Å². The van der Waals surface area contributed by atoms with Crippen LogP contribution >= 0.6 is 0 Å². The first-order valence-electron chi connectivity index (χ1n) is 10.4. The summed E-state index contributed by atoms with van der Waals surface area (Å²) in [7, 11) is 3.34. The van der Waals surface area contributed by atoms with Crippen molar-refractivity contribution in [1.82, 2.24) is 20.6 Å². The number of nitrogens with one attached hydrogen (secondary N) is 2. The van der Waals surface area contributed by atoms with Gasteiger partial charge in [-0.2, -0.15) is 0 Å². The second-order valence-electron chi connectivity index (χ2n) is 7.08. The fourth-order valence-electron chi connectivity index (χ4n) is 3.04. The van der Waals surface area contributed by atoms with Crippen molar-refractivity contribution in [3.63, 3.8) is 0 Å². The van der Waals surface area contributed by atoms with Gasteiger partial charge in [-0.3, -0.25) is 4.99 Å². The molecule has 0 bridgehead atoms. The Morgan fingerprint density at radius 1 is 0.970 bits per heavy atom. The molecular weight excluding hydrogens is 418 g/mol. The summed E-state index contributed by atoms with van der Waals surface area (Å²) in [5.41, 5.74) is 2.72. The number of pyridine rings is 1. The van der Waals surface area contributed by atoms with Gasteiger partial charge in [-0.05, 0) is 29.8 Å². The highest BCUT2D eigenvalue weighted by molar-refractivity contribution is 5.79. The second kappa shape index (κ2) is 10.8. The zero-order chi connectivity index (χ0) is 22.9. The molecule has 2 N–H and O–H groups in total. The molecule has 33 heavy (non-hydrogen) atoms. The summed E-state index contributed by atoms with van der Waals surface area (Å²) >= 11 is 0. The SMILES string of the molecule is CN=C(NCc1ccc(Oc2cccc(OC)c2)nc1)NCc1coc(-c2ccccc2)n1. The maximum atomic E-state index is 5.78. The normalized spacial score (nSPS) is 11.2. The summed E-state index contributed by atoms with van der Waals surface area (Å²) in [4.78, 5) is 13.1. The van der Waals surface area contributed by atoms with Crippen LogP contribution in [0.15, 0.2) is 88.6 Å². The fraction of sp³-hybridized carbons (Fsp3) is 0.160. The monoisotopic (exact) mass is 443 g/mol. The molecule has 0 aliphatic rings. The highest BCUT2D eigenvalue weighted by Crippen LogP contribution is 2.23. The van der Waals surface area contributed by atoms with Crippen LogP contribution < -0.4 is 20.1 Å². The van der Waals surface area contributed by atoms with E-state index in [2.05, 4.69) is 25.6 Å². The highest BCUT2D eigenvalue weighted by atomic mass is 16.5. The number of hydrogen-bond acceptors (Lipinski definition) is 6. The topological polar surface area (TPSA) is 93.8 Å². The van der Waals surface area contributed by atoms with Crippen LogP contribution in [0.1, 0.15) is 11.3 Å². The number of nitrogens with zero attached hydrogens (tertiary/aromatic N) is 3. The van der Waals surface area contributed by atoms with Gasteiger partial charge in [-0.25, -0.2) is 9.97 Å². The van der Waals surface area contributed by atoms with E-state index in [9.17, 15) is 0 Å². The molecule has 8 nitrogen and oxygen atoms in total. The van der Waals surface area contributed by atoms with Crippen molar-refractivity contribution in [3.05, 3.63) is 90.4 Å². The van der Waals surface area contributed by atoms with Crippen LogP contribution in [0, 0.1) is 0 Å². The maximum absolute atomic E-state index is 5.78. The van der Waals surface area contributed by atoms with Crippen molar-refractivity contribution in [1.29, 1.82) is 0 Å². The van der Waals surface area contributed by atoms with Gasteiger partial charge in [0.2, 0.25) is 11.8 Å². The van der Waals surface area contributed by atoms with Gasteiger partial charge in [0.25, 0.3) is 0 Å². The van der Waals surface area contributed by atoms with E-state index in [1.165, 1.54) is 0 Å². The summed E-state index contributed by atoms with van der Waals surface area (Å²) in [5, 5.41) is 6.50. The number of aromatic nitrogens is 2. The zero-order valence-electron chi connectivity index (χ0n) is 18.5. The molecule has 0 atom stereocenters. The van der Waals surface area contributed by atoms with Gasteiger partial charge in [-0.15, -0.1) is 0 Å².